The lowest BCUT2D eigenvalue weighted by molar-refractivity contribution is 0.102. The fraction of sp³-hybridized carbons (Fsp3) is 0.227. The molecule has 4 rings (SSSR count). The molecule has 1 aliphatic heterocycles. The molecule has 3 aromatic rings. The first kappa shape index (κ1) is 18.1. The molecule has 6 heteroatoms. The summed E-state index contributed by atoms with van der Waals surface area (Å²) in [5.74, 6) is 0.199. The molecule has 1 aliphatic rings. The van der Waals surface area contributed by atoms with Gasteiger partial charge >= 0.3 is 0 Å². The van der Waals surface area contributed by atoms with Crippen LogP contribution in [0.15, 0.2) is 60.9 Å². The maximum Gasteiger partial charge on any atom is 0.255 e. The highest BCUT2D eigenvalue weighted by Gasteiger charge is 2.13. The van der Waals surface area contributed by atoms with Crippen LogP contribution in [0, 0.1) is 5.82 Å². The van der Waals surface area contributed by atoms with Crippen molar-refractivity contribution in [3.8, 4) is 11.1 Å². The Labute approximate surface area is 163 Å². The van der Waals surface area contributed by atoms with Crippen molar-refractivity contribution in [3.05, 3.63) is 72.3 Å². The number of amides is 1. The van der Waals surface area contributed by atoms with Crippen molar-refractivity contribution in [3.63, 3.8) is 0 Å². The molecule has 5 nitrogen and oxygen atoms in total. The van der Waals surface area contributed by atoms with Crippen LogP contribution in [0.1, 0.15) is 29.6 Å². The number of hydrogen-bond acceptors (Lipinski definition) is 4. The van der Waals surface area contributed by atoms with Gasteiger partial charge in [0.05, 0.1) is 0 Å². The zero-order valence-electron chi connectivity index (χ0n) is 15.4. The van der Waals surface area contributed by atoms with E-state index in [2.05, 4.69) is 20.2 Å². The van der Waals surface area contributed by atoms with Crippen LogP contribution in [0.2, 0.25) is 0 Å². The van der Waals surface area contributed by atoms with Crippen LogP contribution in [0.25, 0.3) is 11.1 Å². The molecule has 28 heavy (non-hydrogen) atoms. The van der Waals surface area contributed by atoms with Crippen LogP contribution in [0.3, 0.4) is 0 Å². The van der Waals surface area contributed by atoms with Crippen molar-refractivity contribution < 1.29 is 9.18 Å². The molecule has 0 unspecified atom stereocenters. The van der Waals surface area contributed by atoms with Gasteiger partial charge in [-0.05, 0) is 61.2 Å². The van der Waals surface area contributed by atoms with Crippen molar-refractivity contribution in [2.75, 3.05) is 23.3 Å². The van der Waals surface area contributed by atoms with Gasteiger partial charge in [0, 0.05) is 42.3 Å². The fourth-order valence-electron chi connectivity index (χ4n) is 3.28. The van der Waals surface area contributed by atoms with Crippen LogP contribution in [-0.2, 0) is 0 Å². The average Bonchev–Trinajstić information content (AvgIpc) is 2.76. The van der Waals surface area contributed by atoms with E-state index in [0.717, 1.165) is 30.2 Å². The molecule has 142 valence electrons. The van der Waals surface area contributed by atoms with E-state index in [4.69, 9.17) is 0 Å². The Kier molecular flexibility index (Phi) is 5.28. The largest absolute Gasteiger partial charge is 0.341 e. The minimum Gasteiger partial charge on any atom is -0.341 e. The topological polar surface area (TPSA) is 58.1 Å². The summed E-state index contributed by atoms with van der Waals surface area (Å²) < 4.78 is 13.0. The minimum absolute atomic E-state index is 0.241. The number of aromatic nitrogens is 2. The van der Waals surface area contributed by atoms with E-state index in [1.165, 1.54) is 43.5 Å². The number of piperidine rings is 1. The molecule has 1 amide bonds. The van der Waals surface area contributed by atoms with Crippen LogP contribution >= 0.6 is 0 Å². The van der Waals surface area contributed by atoms with Crippen molar-refractivity contribution in [2.24, 2.45) is 0 Å². The van der Waals surface area contributed by atoms with Crippen molar-refractivity contribution in [1.29, 1.82) is 0 Å². The van der Waals surface area contributed by atoms with Gasteiger partial charge in [-0.1, -0.05) is 12.1 Å². The first-order chi connectivity index (χ1) is 13.7. The number of nitrogens with zero attached hydrogens (tertiary/aromatic N) is 3. The van der Waals surface area contributed by atoms with E-state index in [1.807, 2.05) is 24.5 Å². The lowest BCUT2D eigenvalue weighted by Crippen LogP contribution is -2.30. The van der Waals surface area contributed by atoms with E-state index in [0.29, 0.717) is 11.3 Å². The molecular weight excluding hydrogens is 355 g/mol. The summed E-state index contributed by atoms with van der Waals surface area (Å²) in [6.45, 7) is 2.02. The Balaban J connectivity index is 1.43. The molecule has 2 aromatic carbocycles. The van der Waals surface area contributed by atoms with Crippen molar-refractivity contribution in [1.82, 2.24) is 9.97 Å². The van der Waals surface area contributed by atoms with E-state index in [9.17, 15) is 9.18 Å². The van der Waals surface area contributed by atoms with Gasteiger partial charge < -0.3 is 10.2 Å². The first-order valence-corrected chi connectivity index (χ1v) is 9.43. The molecule has 0 bridgehead atoms. The van der Waals surface area contributed by atoms with Gasteiger partial charge in [0.15, 0.2) is 0 Å². The second-order valence-electron chi connectivity index (χ2n) is 6.86. The zero-order chi connectivity index (χ0) is 19.3. The minimum atomic E-state index is -0.337. The third kappa shape index (κ3) is 4.17. The van der Waals surface area contributed by atoms with Crippen LogP contribution < -0.4 is 10.2 Å². The van der Waals surface area contributed by atoms with Gasteiger partial charge in [0.25, 0.3) is 5.91 Å². The molecule has 1 fully saturated rings. The number of halogens is 1. The van der Waals surface area contributed by atoms with Crippen molar-refractivity contribution in [2.45, 2.75) is 19.3 Å². The van der Waals surface area contributed by atoms with Gasteiger partial charge in [0.2, 0.25) is 5.95 Å². The highest BCUT2D eigenvalue weighted by atomic mass is 19.1. The number of benzene rings is 2. The second-order valence-corrected chi connectivity index (χ2v) is 6.86. The summed E-state index contributed by atoms with van der Waals surface area (Å²) >= 11 is 0. The van der Waals surface area contributed by atoms with Crippen LogP contribution in [-0.4, -0.2) is 29.0 Å². The highest BCUT2D eigenvalue weighted by molar-refractivity contribution is 6.04. The molecule has 0 radical (unpaired) electrons. The predicted octanol–water partition coefficient (Wildman–Crippen LogP) is 4.53. The zero-order valence-corrected chi connectivity index (χ0v) is 15.4. The van der Waals surface area contributed by atoms with Gasteiger partial charge in [-0.3, -0.25) is 4.79 Å². The maximum atomic E-state index is 13.0. The summed E-state index contributed by atoms with van der Waals surface area (Å²) in [5, 5.41) is 2.75. The van der Waals surface area contributed by atoms with E-state index in [1.54, 1.807) is 12.1 Å². The molecule has 0 atom stereocenters. The number of carbonyl (C=O) groups is 1. The van der Waals surface area contributed by atoms with Gasteiger partial charge in [0.1, 0.15) is 5.82 Å². The lowest BCUT2D eigenvalue weighted by Gasteiger charge is -2.26. The summed E-state index contributed by atoms with van der Waals surface area (Å²) in [4.78, 5) is 23.6. The SMILES string of the molecule is O=C(Nc1ccc(F)cc1)c1ccc(-c2cnc(N3CCCCC3)nc2)cc1. The summed E-state index contributed by atoms with van der Waals surface area (Å²) in [5.41, 5.74) is 2.94. The molecule has 0 aliphatic carbocycles. The summed E-state index contributed by atoms with van der Waals surface area (Å²) in [7, 11) is 0. The van der Waals surface area contributed by atoms with Crippen LogP contribution in [0.5, 0.6) is 0 Å². The third-order valence-corrected chi connectivity index (χ3v) is 4.86. The fourth-order valence-corrected chi connectivity index (χ4v) is 3.28. The summed E-state index contributed by atoms with van der Waals surface area (Å²) in [6.07, 6.45) is 7.30. The molecule has 0 saturated carbocycles. The Morgan fingerprint density at radius 3 is 2.14 bits per heavy atom. The van der Waals surface area contributed by atoms with E-state index < -0.39 is 0 Å². The third-order valence-electron chi connectivity index (χ3n) is 4.86. The normalized spacial score (nSPS) is 14.0. The van der Waals surface area contributed by atoms with Crippen LogP contribution in [0.4, 0.5) is 16.0 Å². The molecule has 0 spiro atoms. The predicted molar refractivity (Wildman–Crippen MR) is 108 cm³/mol. The standard InChI is InChI=1S/C22H21FN4O/c23-19-8-10-20(11-9-19)26-21(28)17-6-4-16(5-7-17)18-14-24-22(25-15-18)27-12-2-1-3-13-27/h4-11,14-15H,1-3,12-13H2,(H,26,28). The monoisotopic (exact) mass is 376 g/mol. The Morgan fingerprint density at radius 1 is 0.857 bits per heavy atom. The number of carbonyl (C=O) groups excluding carboxylic acids is 1. The van der Waals surface area contributed by atoms with E-state index >= 15 is 0 Å². The Morgan fingerprint density at radius 2 is 1.50 bits per heavy atom. The lowest BCUT2D eigenvalue weighted by atomic mass is 10.1. The number of anilines is 2. The quantitative estimate of drug-likeness (QED) is 0.727. The Bertz CT molecular complexity index is 934. The number of rotatable bonds is 4. The molecular formula is C22H21FN4O. The smallest absolute Gasteiger partial charge is 0.255 e. The maximum absolute atomic E-state index is 13.0. The first-order valence-electron chi connectivity index (χ1n) is 9.43. The molecule has 1 saturated heterocycles. The average molecular weight is 376 g/mol. The molecule has 2 heterocycles. The molecule has 1 N–H and O–H groups in total. The second kappa shape index (κ2) is 8.17. The van der Waals surface area contributed by atoms with Gasteiger partial charge in [-0.25, -0.2) is 14.4 Å². The van der Waals surface area contributed by atoms with Crippen molar-refractivity contribution >= 4 is 17.5 Å². The number of nitrogens with one attached hydrogen (secondary N) is 1. The summed E-state index contributed by atoms with van der Waals surface area (Å²) in [6, 6.07) is 12.9. The van der Waals surface area contributed by atoms with Gasteiger partial charge in [-0.2, -0.15) is 0 Å². The molecule has 1 aromatic heterocycles. The van der Waals surface area contributed by atoms with E-state index in [-0.39, 0.29) is 11.7 Å². The highest BCUT2D eigenvalue weighted by Crippen LogP contribution is 2.21. The Hall–Kier alpha value is -3.28. The number of hydrogen-bond donors (Lipinski definition) is 1. The van der Waals surface area contributed by atoms with Gasteiger partial charge in [-0.15, -0.1) is 0 Å².